The van der Waals surface area contributed by atoms with E-state index in [1.807, 2.05) is 42.5 Å². The third-order valence-corrected chi connectivity index (χ3v) is 3.43. The van der Waals surface area contributed by atoms with Crippen LogP contribution in [0.1, 0.15) is 24.1 Å². The normalized spacial score (nSPS) is 12.2. The summed E-state index contributed by atoms with van der Waals surface area (Å²) in [5.74, 6) is 0. The molecule has 2 aromatic rings. The molecule has 0 aliphatic heterocycles. The van der Waals surface area contributed by atoms with Crippen LogP contribution >= 0.6 is 23.2 Å². The van der Waals surface area contributed by atoms with Gasteiger partial charge in [0, 0.05) is 21.8 Å². The highest BCUT2D eigenvalue weighted by Crippen LogP contribution is 2.25. The summed E-state index contributed by atoms with van der Waals surface area (Å²) in [6.45, 7) is 4.18. The second-order valence-corrected chi connectivity index (χ2v) is 5.25. The van der Waals surface area contributed by atoms with Crippen LogP contribution in [0.3, 0.4) is 0 Å². The molecule has 2 rings (SSSR count). The number of benzene rings is 2. The molecule has 0 saturated carbocycles. The molecule has 0 spiro atoms. The Morgan fingerprint density at radius 1 is 0.944 bits per heavy atom. The molecule has 0 radical (unpaired) electrons. The van der Waals surface area contributed by atoms with Crippen molar-refractivity contribution in [2.45, 2.75) is 19.9 Å². The maximum absolute atomic E-state index is 6.01. The summed E-state index contributed by atoms with van der Waals surface area (Å²) in [7, 11) is 0. The van der Waals surface area contributed by atoms with E-state index in [0.29, 0.717) is 0 Å². The fraction of sp³-hybridized carbons (Fsp3) is 0.200. The van der Waals surface area contributed by atoms with Gasteiger partial charge in [0.15, 0.2) is 0 Å². The van der Waals surface area contributed by atoms with Gasteiger partial charge >= 0.3 is 0 Å². The fourth-order valence-electron chi connectivity index (χ4n) is 1.82. The van der Waals surface area contributed by atoms with Crippen LogP contribution in [-0.2, 0) is 0 Å². The highest BCUT2D eigenvalue weighted by Gasteiger charge is 2.07. The third kappa shape index (κ3) is 3.18. The molecule has 1 N–H and O–H groups in total. The Labute approximate surface area is 118 Å². The van der Waals surface area contributed by atoms with E-state index in [1.54, 1.807) is 0 Å². The summed E-state index contributed by atoms with van der Waals surface area (Å²) >= 11 is 11.9. The number of rotatable bonds is 3. The Balaban J connectivity index is 2.18. The number of aryl methyl sites for hydroxylation is 1. The van der Waals surface area contributed by atoms with Gasteiger partial charge in [-0.05, 0) is 49.2 Å². The highest BCUT2D eigenvalue weighted by molar-refractivity contribution is 6.31. The molecule has 0 heterocycles. The Morgan fingerprint density at radius 2 is 1.56 bits per heavy atom. The minimum absolute atomic E-state index is 0.208. The van der Waals surface area contributed by atoms with Crippen LogP contribution in [0.25, 0.3) is 0 Å². The minimum Gasteiger partial charge on any atom is -0.378 e. The van der Waals surface area contributed by atoms with Crippen molar-refractivity contribution in [2.24, 2.45) is 0 Å². The smallest absolute Gasteiger partial charge is 0.0485 e. The third-order valence-electron chi connectivity index (χ3n) is 2.94. The van der Waals surface area contributed by atoms with Gasteiger partial charge in [-0.25, -0.2) is 0 Å². The maximum atomic E-state index is 6.01. The van der Waals surface area contributed by atoms with Crippen molar-refractivity contribution >= 4 is 28.9 Å². The van der Waals surface area contributed by atoms with Gasteiger partial charge in [0.1, 0.15) is 0 Å². The van der Waals surface area contributed by atoms with Gasteiger partial charge in [-0.3, -0.25) is 0 Å². The van der Waals surface area contributed by atoms with Crippen LogP contribution in [0.15, 0.2) is 42.5 Å². The summed E-state index contributed by atoms with van der Waals surface area (Å²) in [4.78, 5) is 0. The van der Waals surface area contributed by atoms with Gasteiger partial charge in [0.2, 0.25) is 0 Å². The highest BCUT2D eigenvalue weighted by atomic mass is 35.5. The number of halogens is 2. The first-order valence-electron chi connectivity index (χ1n) is 5.84. The van der Waals surface area contributed by atoms with Gasteiger partial charge in [0.05, 0.1) is 0 Å². The van der Waals surface area contributed by atoms with Gasteiger partial charge < -0.3 is 5.32 Å². The SMILES string of the molecule is Cc1ccc(Cl)cc1NC(C)c1ccc(Cl)cc1. The van der Waals surface area contributed by atoms with Gasteiger partial charge in [-0.15, -0.1) is 0 Å². The van der Waals surface area contributed by atoms with Crippen molar-refractivity contribution in [3.63, 3.8) is 0 Å². The molecule has 0 bridgehead atoms. The first kappa shape index (κ1) is 13.3. The zero-order valence-electron chi connectivity index (χ0n) is 10.4. The van der Waals surface area contributed by atoms with Crippen molar-refractivity contribution in [1.29, 1.82) is 0 Å². The second-order valence-electron chi connectivity index (χ2n) is 4.38. The average molecular weight is 280 g/mol. The first-order valence-corrected chi connectivity index (χ1v) is 6.60. The molecule has 18 heavy (non-hydrogen) atoms. The monoisotopic (exact) mass is 279 g/mol. The van der Waals surface area contributed by atoms with Crippen molar-refractivity contribution in [1.82, 2.24) is 0 Å². The van der Waals surface area contributed by atoms with Crippen molar-refractivity contribution in [3.05, 3.63) is 63.6 Å². The van der Waals surface area contributed by atoms with Crippen molar-refractivity contribution in [3.8, 4) is 0 Å². The predicted molar refractivity (Wildman–Crippen MR) is 79.7 cm³/mol. The van der Waals surface area contributed by atoms with Gasteiger partial charge in [-0.1, -0.05) is 41.4 Å². The molecule has 0 aromatic heterocycles. The van der Waals surface area contributed by atoms with Crippen LogP contribution in [0.2, 0.25) is 10.0 Å². The van der Waals surface area contributed by atoms with Crippen LogP contribution in [0.4, 0.5) is 5.69 Å². The number of anilines is 1. The van der Waals surface area contributed by atoms with Gasteiger partial charge in [0.25, 0.3) is 0 Å². The van der Waals surface area contributed by atoms with E-state index in [-0.39, 0.29) is 6.04 Å². The number of hydrogen-bond donors (Lipinski definition) is 1. The fourth-order valence-corrected chi connectivity index (χ4v) is 2.12. The quantitative estimate of drug-likeness (QED) is 0.785. The summed E-state index contributed by atoms with van der Waals surface area (Å²) in [6.07, 6.45) is 0. The Kier molecular flexibility index (Phi) is 4.15. The Morgan fingerprint density at radius 3 is 2.22 bits per heavy atom. The molecule has 0 fully saturated rings. The van der Waals surface area contributed by atoms with Crippen molar-refractivity contribution < 1.29 is 0 Å². The van der Waals surface area contributed by atoms with Crippen LogP contribution in [0, 0.1) is 6.92 Å². The zero-order chi connectivity index (χ0) is 13.1. The molecule has 1 unspecified atom stereocenters. The summed E-state index contributed by atoms with van der Waals surface area (Å²) in [5, 5.41) is 4.96. The standard InChI is InChI=1S/C15H15Cl2N/c1-10-3-6-14(17)9-15(10)18-11(2)12-4-7-13(16)8-5-12/h3-9,11,18H,1-2H3. The molecule has 94 valence electrons. The van der Waals surface area contributed by atoms with Crippen LogP contribution < -0.4 is 5.32 Å². The van der Waals surface area contributed by atoms with Crippen LogP contribution in [0.5, 0.6) is 0 Å². The summed E-state index contributed by atoms with van der Waals surface area (Å²) in [5.41, 5.74) is 3.43. The van der Waals surface area contributed by atoms with Crippen molar-refractivity contribution in [2.75, 3.05) is 5.32 Å². The van der Waals surface area contributed by atoms with E-state index >= 15 is 0 Å². The number of nitrogens with one attached hydrogen (secondary N) is 1. The van der Waals surface area contributed by atoms with E-state index < -0.39 is 0 Å². The molecule has 3 heteroatoms. The molecule has 0 saturated heterocycles. The lowest BCUT2D eigenvalue weighted by molar-refractivity contribution is 0.883. The lowest BCUT2D eigenvalue weighted by Gasteiger charge is -2.17. The Hall–Kier alpha value is -1.18. The first-order chi connectivity index (χ1) is 8.56. The topological polar surface area (TPSA) is 12.0 Å². The Bertz CT molecular complexity index is 535. The van der Waals surface area contributed by atoms with E-state index in [9.17, 15) is 0 Å². The van der Waals surface area contributed by atoms with E-state index in [1.165, 1.54) is 11.1 Å². The zero-order valence-corrected chi connectivity index (χ0v) is 11.9. The second kappa shape index (κ2) is 5.64. The molecule has 1 nitrogen and oxygen atoms in total. The van der Waals surface area contributed by atoms with E-state index in [0.717, 1.165) is 15.7 Å². The molecular formula is C15H15Cl2N. The van der Waals surface area contributed by atoms with Crippen LogP contribution in [-0.4, -0.2) is 0 Å². The molecule has 2 aromatic carbocycles. The lowest BCUT2D eigenvalue weighted by atomic mass is 10.1. The van der Waals surface area contributed by atoms with E-state index in [2.05, 4.69) is 19.2 Å². The molecule has 0 amide bonds. The summed E-state index contributed by atoms with van der Waals surface area (Å²) in [6, 6.07) is 13.9. The minimum atomic E-state index is 0.208. The number of hydrogen-bond acceptors (Lipinski definition) is 1. The maximum Gasteiger partial charge on any atom is 0.0485 e. The lowest BCUT2D eigenvalue weighted by Crippen LogP contribution is -2.07. The molecular weight excluding hydrogens is 265 g/mol. The largest absolute Gasteiger partial charge is 0.378 e. The summed E-state index contributed by atoms with van der Waals surface area (Å²) < 4.78 is 0. The predicted octanol–water partition coefficient (Wildman–Crippen LogP) is 5.47. The van der Waals surface area contributed by atoms with E-state index in [4.69, 9.17) is 23.2 Å². The average Bonchev–Trinajstić information content (AvgIpc) is 2.34. The molecule has 1 atom stereocenters. The molecule has 0 aliphatic rings. The molecule has 0 aliphatic carbocycles. The van der Waals surface area contributed by atoms with Gasteiger partial charge in [-0.2, -0.15) is 0 Å².